The molecule has 3 heterocycles. The average molecular weight is 541 g/mol. The van der Waals surface area contributed by atoms with Gasteiger partial charge in [0.25, 0.3) is 0 Å². The number of pyridine rings is 1. The fourth-order valence-corrected chi connectivity index (χ4v) is 5.40. The number of nitrogens with zero attached hydrogens (tertiary/aromatic N) is 3. The summed E-state index contributed by atoms with van der Waals surface area (Å²) in [5.41, 5.74) is 1.23. The fourth-order valence-electron chi connectivity index (χ4n) is 4.82. The Labute approximate surface area is 218 Å². The molecule has 1 amide bonds. The van der Waals surface area contributed by atoms with Crippen molar-refractivity contribution in [2.24, 2.45) is 0 Å². The van der Waals surface area contributed by atoms with Crippen LogP contribution < -0.4 is 10.1 Å². The molecule has 1 saturated carbocycles. The lowest BCUT2D eigenvalue weighted by Gasteiger charge is -2.35. The number of carbonyl (C=O) groups excluding carboxylic acids is 1. The van der Waals surface area contributed by atoms with Crippen LogP contribution in [-0.4, -0.2) is 64.9 Å². The summed E-state index contributed by atoms with van der Waals surface area (Å²) in [6.45, 7) is 2.57. The molecule has 1 aliphatic carbocycles. The van der Waals surface area contributed by atoms with Crippen molar-refractivity contribution in [2.75, 3.05) is 26.2 Å². The van der Waals surface area contributed by atoms with E-state index in [-0.39, 0.29) is 17.8 Å². The van der Waals surface area contributed by atoms with Crippen LogP contribution in [-0.2, 0) is 17.6 Å². The van der Waals surface area contributed by atoms with E-state index in [2.05, 4.69) is 20.2 Å². The van der Waals surface area contributed by atoms with Crippen molar-refractivity contribution in [2.45, 2.75) is 69.8 Å². The predicted octanol–water partition coefficient (Wildman–Crippen LogP) is 5.06. The molecular formula is C26H32F4N4O2S. The van der Waals surface area contributed by atoms with Gasteiger partial charge < -0.3 is 15.0 Å². The highest BCUT2D eigenvalue weighted by Gasteiger charge is 2.36. The molecular weight excluding hydrogens is 508 g/mol. The normalized spacial score (nSPS) is 23.0. The van der Waals surface area contributed by atoms with Crippen LogP contribution in [0, 0.1) is 6.92 Å². The number of nitrogens with one attached hydrogen (secondary N) is 1. The van der Waals surface area contributed by atoms with Crippen molar-refractivity contribution in [1.29, 1.82) is 0 Å². The Bertz CT molecular complexity index is 1100. The number of hydrogen-bond donors (Lipinski definition) is 1. The highest BCUT2D eigenvalue weighted by Crippen LogP contribution is 2.35. The van der Waals surface area contributed by atoms with Gasteiger partial charge in [0.05, 0.1) is 10.7 Å². The van der Waals surface area contributed by atoms with E-state index < -0.39 is 18.5 Å². The van der Waals surface area contributed by atoms with Crippen LogP contribution in [0.4, 0.5) is 17.6 Å². The molecule has 0 radical (unpaired) electrons. The quantitative estimate of drug-likeness (QED) is 0.375. The largest absolute Gasteiger partial charge is 0.468 e. The van der Waals surface area contributed by atoms with E-state index in [9.17, 15) is 18.0 Å². The van der Waals surface area contributed by atoms with Gasteiger partial charge in [-0.15, -0.1) is 11.3 Å². The summed E-state index contributed by atoms with van der Waals surface area (Å²) in [6.07, 6.45) is 2.48. The number of carbonyl (C=O) groups is 1. The second kappa shape index (κ2) is 11.9. The van der Waals surface area contributed by atoms with Gasteiger partial charge in [0.1, 0.15) is 5.67 Å². The first-order chi connectivity index (χ1) is 17.6. The van der Waals surface area contributed by atoms with Gasteiger partial charge >= 0.3 is 6.18 Å². The number of hydrogen-bond acceptors (Lipinski definition) is 6. The van der Waals surface area contributed by atoms with E-state index in [0.29, 0.717) is 58.0 Å². The van der Waals surface area contributed by atoms with Crippen molar-refractivity contribution in [3.63, 3.8) is 0 Å². The molecule has 202 valence electrons. The molecule has 2 aromatic heterocycles. The molecule has 0 saturated heterocycles. The number of aromatic nitrogens is 2. The number of halogens is 4. The minimum Gasteiger partial charge on any atom is -0.468 e. The summed E-state index contributed by atoms with van der Waals surface area (Å²) in [4.78, 5) is 23.0. The van der Waals surface area contributed by atoms with Crippen LogP contribution in [0.5, 0.6) is 5.88 Å². The maximum absolute atomic E-state index is 15.5. The topological polar surface area (TPSA) is 67.4 Å². The first-order valence-corrected chi connectivity index (χ1v) is 13.5. The van der Waals surface area contributed by atoms with Gasteiger partial charge in [-0.3, -0.25) is 4.79 Å². The van der Waals surface area contributed by atoms with Gasteiger partial charge in [-0.2, -0.15) is 13.2 Å². The molecule has 0 bridgehead atoms. The summed E-state index contributed by atoms with van der Waals surface area (Å²) in [5.74, 6) is -0.212. The van der Waals surface area contributed by atoms with E-state index >= 15 is 4.39 Å². The van der Waals surface area contributed by atoms with Crippen molar-refractivity contribution < 1.29 is 27.1 Å². The number of alkyl halides is 4. The molecule has 1 N–H and O–H groups in total. The van der Waals surface area contributed by atoms with Crippen LogP contribution in [0.15, 0.2) is 23.6 Å². The number of aryl methyl sites for hydroxylation is 1. The zero-order chi connectivity index (χ0) is 26.5. The molecule has 1 aliphatic heterocycles. The number of ether oxygens (including phenoxy) is 1. The van der Waals surface area contributed by atoms with Crippen LogP contribution in [0.3, 0.4) is 0 Å². The van der Waals surface area contributed by atoms with E-state index in [0.717, 1.165) is 28.5 Å². The molecule has 4 rings (SSSR count). The van der Waals surface area contributed by atoms with Gasteiger partial charge in [0, 0.05) is 55.3 Å². The number of rotatable bonds is 8. The van der Waals surface area contributed by atoms with Gasteiger partial charge in [0.2, 0.25) is 11.8 Å². The Balaban J connectivity index is 1.19. The van der Waals surface area contributed by atoms with Crippen LogP contribution in [0.2, 0.25) is 0 Å². The molecule has 11 heteroatoms. The van der Waals surface area contributed by atoms with Crippen molar-refractivity contribution in [3.05, 3.63) is 45.5 Å². The third-order valence-electron chi connectivity index (χ3n) is 6.94. The third kappa shape index (κ3) is 8.49. The SMILES string of the molecule is Cc1nc(/C=C/C(=O)NC2CCC(F)(CCN3CCc4ccc(OCC(F)(F)F)nc4CC3)CC2)cs1. The second-order valence-corrected chi connectivity index (χ2v) is 10.9. The zero-order valence-electron chi connectivity index (χ0n) is 20.8. The maximum Gasteiger partial charge on any atom is 0.422 e. The Hall–Kier alpha value is -2.53. The summed E-state index contributed by atoms with van der Waals surface area (Å²) >= 11 is 1.53. The first-order valence-electron chi connectivity index (χ1n) is 12.6. The van der Waals surface area contributed by atoms with Gasteiger partial charge in [0.15, 0.2) is 6.61 Å². The number of thiazole rings is 1. The fraction of sp³-hybridized carbons (Fsp3) is 0.577. The highest BCUT2D eigenvalue weighted by molar-refractivity contribution is 7.09. The molecule has 0 spiro atoms. The maximum atomic E-state index is 15.5. The number of amides is 1. The summed E-state index contributed by atoms with van der Waals surface area (Å²) in [7, 11) is 0. The second-order valence-electron chi connectivity index (χ2n) is 9.81. The van der Waals surface area contributed by atoms with Crippen LogP contribution in [0.1, 0.15) is 54.1 Å². The van der Waals surface area contributed by atoms with Crippen molar-refractivity contribution in [1.82, 2.24) is 20.2 Å². The monoisotopic (exact) mass is 540 g/mol. The lowest BCUT2D eigenvalue weighted by molar-refractivity contribution is -0.154. The lowest BCUT2D eigenvalue weighted by Crippen LogP contribution is -2.42. The highest BCUT2D eigenvalue weighted by atomic mass is 32.1. The van der Waals surface area contributed by atoms with Gasteiger partial charge in [-0.1, -0.05) is 6.07 Å². The van der Waals surface area contributed by atoms with E-state index in [1.807, 2.05) is 12.3 Å². The summed E-state index contributed by atoms with van der Waals surface area (Å²) < 4.78 is 57.6. The molecule has 6 nitrogen and oxygen atoms in total. The van der Waals surface area contributed by atoms with E-state index in [1.165, 1.54) is 23.5 Å². The molecule has 2 aromatic rings. The Morgan fingerprint density at radius 1 is 1.24 bits per heavy atom. The Kier molecular flexibility index (Phi) is 8.84. The third-order valence-corrected chi connectivity index (χ3v) is 7.73. The summed E-state index contributed by atoms with van der Waals surface area (Å²) in [6, 6.07) is 3.21. The number of fused-ring (bicyclic) bond motifs is 1. The molecule has 0 unspecified atom stereocenters. The standard InChI is InChI=1S/C26H32F4N4O2S/c1-18-31-21(16-37-18)3-4-23(35)32-20-6-10-25(27,11-7-20)12-15-34-13-8-19-2-5-24(33-22(19)9-14-34)36-17-26(28,29)30/h2-5,16,20H,6-15,17H2,1H3,(H,32,35)/b4-3+. The minimum atomic E-state index is -4.41. The minimum absolute atomic E-state index is 0.0233. The Morgan fingerprint density at radius 3 is 2.70 bits per heavy atom. The van der Waals surface area contributed by atoms with Crippen molar-refractivity contribution >= 4 is 23.3 Å². The van der Waals surface area contributed by atoms with Crippen molar-refractivity contribution in [3.8, 4) is 5.88 Å². The molecule has 0 atom stereocenters. The summed E-state index contributed by atoms with van der Waals surface area (Å²) in [5, 5.41) is 5.80. The lowest BCUT2D eigenvalue weighted by atomic mass is 9.81. The van der Waals surface area contributed by atoms with E-state index in [1.54, 1.807) is 12.1 Å². The first kappa shape index (κ1) is 27.5. The van der Waals surface area contributed by atoms with Gasteiger partial charge in [-0.05, 0) is 57.1 Å². The molecule has 1 fully saturated rings. The van der Waals surface area contributed by atoms with Crippen LogP contribution >= 0.6 is 11.3 Å². The molecule has 2 aliphatic rings. The molecule has 0 aromatic carbocycles. The average Bonchev–Trinajstić information content (AvgIpc) is 3.16. The smallest absolute Gasteiger partial charge is 0.422 e. The molecule has 37 heavy (non-hydrogen) atoms. The Morgan fingerprint density at radius 2 is 2.00 bits per heavy atom. The van der Waals surface area contributed by atoms with Gasteiger partial charge in [-0.25, -0.2) is 14.4 Å². The van der Waals surface area contributed by atoms with E-state index in [4.69, 9.17) is 4.74 Å². The zero-order valence-corrected chi connectivity index (χ0v) is 21.6. The predicted molar refractivity (Wildman–Crippen MR) is 134 cm³/mol. The van der Waals surface area contributed by atoms with Crippen LogP contribution in [0.25, 0.3) is 6.08 Å².